The van der Waals surface area contributed by atoms with Crippen molar-refractivity contribution in [3.63, 3.8) is 0 Å². The molecule has 106 valence electrons. The maximum atomic E-state index is 5.95. The topological polar surface area (TPSA) is 35.2 Å². The zero-order chi connectivity index (χ0) is 14.5. The van der Waals surface area contributed by atoms with Gasteiger partial charge in [0.2, 0.25) is 0 Å². The third kappa shape index (κ3) is 3.45. The van der Waals surface area contributed by atoms with E-state index in [1.807, 2.05) is 30.3 Å². The van der Waals surface area contributed by atoms with Crippen LogP contribution in [0.4, 0.5) is 5.69 Å². The molecule has 1 atom stereocenters. The van der Waals surface area contributed by atoms with Gasteiger partial charge in [-0.05, 0) is 36.1 Å². The summed E-state index contributed by atoms with van der Waals surface area (Å²) in [7, 11) is 0. The van der Waals surface area contributed by atoms with Gasteiger partial charge in [0.25, 0.3) is 0 Å². The zero-order valence-electron chi connectivity index (χ0n) is 11.9. The first-order valence-electron chi connectivity index (χ1n) is 6.87. The van der Waals surface area contributed by atoms with Crippen LogP contribution in [-0.2, 0) is 6.61 Å². The van der Waals surface area contributed by atoms with Gasteiger partial charge < -0.3 is 10.5 Å². The molecule has 0 heterocycles. The quantitative estimate of drug-likeness (QED) is 0.785. The predicted octanol–water partition coefficient (Wildman–Crippen LogP) is 5.01. The van der Waals surface area contributed by atoms with Crippen LogP contribution in [-0.4, -0.2) is 0 Å². The minimum atomic E-state index is 0.455. The Morgan fingerprint density at radius 3 is 2.65 bits per heavy atom. The Bertz CT molecular complexity index is 583. The third-order valence-electron chi connectivity index (χ3n) is 3.55. The standard InChI is InChI=1S/C17H20ClNO/c1-3-12(2)15-6-4-5-7-17(15)20-11-13-8-9-14(18)10-16(13)19/h4-10,12H,3,11,19H2,1-2H3. The summed E-state index contributed by atoms with van der Waals surface area (Å²) in [6.07, 6.45) is 1.09. The van der Waals surface area contributed by atoms with Gasteiger partial charge in [0.05, 0.1) is 0 Å². The summed E-state index contributed by atoms with van der Waals surface area (Å²) in [4.78, 5) is 0. The molecule has 0 aliphatic heterocycles. The molecule has 0 aliphatic carbocycles. The van der Waals surface area contributed by atoms with Crippen LogP contribution in [0, 0.1) is 0 Å². The van der Waals surface area contributed by atoms with Crippen LogP contribution in [0.5, 0.6) is 5.75 Å². The smallest absolute Gasteiger partial charge is 0.123 e. The molecule has 0 radical (unpaired) electrons. The first-order chi connectivity index (χ1) is 9.61. The SMILES string of the molecule is CCC(C)c1ccccc1OCc1ccc(Cl)cc1N. The normalized spacial score (nSPS) is 12.2. The fraction of sp³-hybridized carbons (Fsp3) is 0.294. The van der Waals surface area contributed by atoms with Crippen LogP contribution in [0.25, 0.3) is 0 Å². The Morgan fingerprint density at radius 2 is 1.95 bits per heavy atom. The van der Waals surface area contributed by atoms with Crippen molar-refractivity contribution < 1.29 is 4.74 Å². The fourth-order valence-corrected chi connectivity index (χ4v) is 2.27. The van der Waals surface area contributed by atoms with Gasteiger partial charge in [-0.2, -0.15) is 0 Å². The number of para-hydroxylation sites is 1. The predicted molar refractivity (Wildman–Crippen MR) is 85.3 cm³/mol. The number of rotatable bonds is 5. The number of nitrogens with two attached hydrogens (primary N) is 1. The Balaban J connectivity index is 2.15. The van der Waals surface area contributed by atoms with Gasteiger partial charge >= 0.3 is 0 Å². The second kappa shape index (κ2) is 6.67. The van der Waals surface area contributed by atoms with Gasteiger partial charge in [-0.3, -0.25) is 0 Å². The van der Waals surface area contributed by atoms with Crippen molar-refractivity contribution >= 4 is 17.3 Å². The van der Waals surface area contributed by atoms with Crippen LogP contribution in [0.1, 0.15) is 37.3 Å². The summed E-state index contributed by atoms with van der Waals surface area (Å²) in [6, 6.07) is 13.7. The molecule has 0 spiro atoms. The van der Waals surface area contributed by atoms with Crippen LogP contribution in [0.2, 0.25) is 5.02 Å². The van der Waals surface area contributed by atoms with Crippen molar-refractivity contribution in [3.05, 3.63) is 58.6 Å². The van der Waals surface area contributed by atoms with E-state index in [0.717, 1.165) is 17.7 Å². The lowest BCUT2D eigenvalue weighted by Gasteiger charge is -2.16. The van der Waals surface area contributed by atoms with Crippen LogP contribution in [0.15, 0.2) is 42.5 Å². The van der Waals surface area contributed by atoms with E-state index >= 15 is 0 Å². The summed E-state index contributed by atoms with van der Waals surface area (Å²) >= 11 is 5.90. The number of halogens is 1. The van der Waals surface area contributed by atoms with E-state index in [1.54, 1.807) is 6.07 Å². The molecule has 0 saturated heterocycles. The Labute approximate surface area is 125 Å². The summed E-state index contributed by atoms with van der Waals surface area (Å²) < 4.78 is 5.94. The highest BCUT2D eigenvalue weighted by Gasteiger charge is 2.10. The molecule has 20 heavy (non-hydrogen) atoms. The molecule has 0 saturated carbocycles. The van der Waals surface area contributed by atoms with Crippen molar-refractivity contribution in [3.8, 4) is 5.75 Å². The third-order valence-corrected chi connectivity index (χ3v) is 3.79. The molecule has 2 N–H and O–H groups in total. The van der Waals surface area contributed by atoms with Gasteiger partial charge in [-0.15, -0.1) is 0 Å². The molecule has 0 amide bonds. The maximum absolute atomic E-state index is 5.95. The van der Waals surface area contributed by atoms with Gasteiger partial charge in [-0.1, -0.05) is 49.7 Å². The highest BCUT2D eigenvalue weighted by atomic mass is 35.5. The van der Waals surface area contributed by atoms with Crippen LogP contribution >= 0.6 is 11.6 Å². The van der Waals surface area contributed by atoms with E-state index in [-0.39, 0.29) is 0 Å². The molecule has 2 rings (SSSR count). The highest BCUT2D eigenvalue weighted by molar-refractivity contribution is 6.30. The first-order valence-corrected chi connectivity index (χ1v) is 7.25. The molecule has 2 aromatic carbocycles. The average Bonchev–Trinajstić information content (AvgIpc) is 2.46. The van der Waals surface area contributed by atoms with Crippen molar-refractivity contribution in [2.24, 2.45) is 0 Å². The molecule has 0 aliphatic rings. The number of ether oxygens (including phenoxy) is 1. The molecular formula is C17H20ClNO. The molecule has 2 aromatic rings. The van der Waals surface area contributed by atoms with Gasteiger partial charge in [0.1, 0.15) is 12.4 Å². The fourth-order valence-electron chi connectivity index (χ4n) is 2.09. The van der Waals surface area contributed by atoms with Gasteiger partial charge in [-0.25, -0.2) is 0 Å². The van der Waals surface area contributed by atoms with E-state index in [4.69, 9.17) is 22.1 Å². The summed E-state index contributed by atoms with van der Waals surface area (Å²) in [6.45, 7) is 4.84. The number of benzene rings is 2. The summed E-state index contributed by atoms with van der Waals surface area (Å²) in [5.41, 5.74) is 8.80. The molecular weight excluding hydrogens is 270 g/mol. The lowest BCUT2D eigenvalue weighted by Crippen LogP contribution is -2.03. The van der Waals surface area contributed by atoms with Crippen molar-refractivity contribution in [2.75, 3.05) is 5.73 Å². The molecule has 0 aromatic heterocycles. The number of hydrogen-bond acceptors (Lipinski definition) is 2. The average molecular weight is 290 g/mol. The lowest BCUT2D eigenvalue weighted by molar-refractivity contribution is 0.302. The molecule has 2 nitrogen and oxygen atoms in total. The number of nitrogen functional groups attached to an aromatic ring is 1. The van der Waals surface area contributed by atoms with Crippen LogP contribution in [0.3, 0.4) is 0 Å². The van der Waals surface area contributed by atoms with E-state index in [0.29, 0.717) is 23.2 Å². The van der Waals surface area contributed by atoms with E-state index in [9.17, 15) is 0 Å². The van der Waals surface area contributed by atoms with Crippen molar-refractivity contribution in [1.82, 2.24) is 0 Å². The lowest BCUT2D eigenvalue weighted by atomic mass is 9.98. The van der Waals surface area contributed by atoms with Gasteiger partial charge in [0.15, 0.2) is 0 Å². The second-order valence-electron chi connectivity index (χ2n) is 4.98. The summed E-state index contributed by atoms with van der Waals surface area (Å²) in [5, 5.41) is 0.645. The Hall–Kier alpha value is -1.67. The summed E-state index contributed by atoms with van der Waals surface area (Å²) in [5.74, 6) is 1.41. The Morgan fingerprint density at radius 1 is 1.20 bits per heavy atom. The van der Waals surface area contributed by atoms with E-state index in [1.165, 1.54) is 5.56 Å². The monoisotopic (exact) mass is 289 g/mol. The second-order valence-corrected chi connectivity index (χ2v) is 5.42. The van der Waals surface area contributed by atoms with Crippen molar-refractivity contribution in [2.45, 2.75) is 32.8 Å². The maximum Gasteiger partial charge on any atom is 0.123 e. The van der Waals surface area contributed by atoms with Gasteiger partial charge in [0, 0.05) is 16.3 Å². The molecule has 3 heteroatoms. The first kappa shape index (κ1) is 14.7. The van der Waals surface area contributed by atoms with E-state index in [2.05, 4.69) is 19.9 Å². The zero-order valence-corrected chi connectivity index (χ0v) is 12.7. The van der Waals surface area contributed by atoms with Crippen LogP contribution < -0.4 is 10.5 Å². The van der Waals surface area contributed by atoms with E-state index < -0.39 is 0 Å². The minimum Gasteiger partial charge on any atom is -0.489 e. The number of anilines is 1. The molecule has 0 fully saturated rings. The molecule has 1 unspecified atom stereocenters. The molecule has 0 bridgehead atoms. The minimum absolute atomic E-state index is 0.455. The highest BCUT2D eigenvalue weighted by Crippen LogP contribution is 2.29. The Kier molecular flexibility index (Phi) is 4.91. The number of hydrogen-bond donors (Lipinski definition) is 1. The van der Waals surface area contributed by atoms with Crippen molar-refractivity contribution in [1.29, 1.82) is 0 Å². The largest absolute Gasteiger partial charge is 0.489 e.